The van der Waals surface area contributed by atoms with Crippen LogP contribution in [0.25, 0.3) is 88.1 Å². The van der Waals surface area contributed by atoms with E-state index in [1.54, 1.807) is 0 Å². The molecule has 0 N–H and O–H groups in total. The van der Waals surface area contributed by atoms with Crippen LogP contribution in [0.5, 0.6) is 0 Å². The molecule has 0 amide bonds. The summed E-state index contributed by atoms with van der Waals surface area (Å²) in [7, 11) is 0. The average Bonchev–Trinajstić information content (AvgIpc) is 3.85. The summed E-state index contributed by atoms with van der Waals surface area (Å²) in [6, 6.07) is 71.0. The Hall–Kier alpha value is -8.15. The normalized spacial score (nSPS) is 13.4. The van der Waals surface area contributed by atoms with Gasteiger partial charge in [-0.3, -0.25) is 4.79 Å². The fraction of sp³-hybridized carbons (Fsp3) is 0.0517. The van der Waals surface area contributed by atoms with Gasteiger partial charge >= 0.3 is 0 Å². The third kappa shape index (κ3) is 5.14. The molecule has 63 heavy (non-hydrogen) atoms. The van der Waals surface area contributed by atoms with E-state index in [-0.39, 0.29) is 10.8 Å². The first kappa shape index (κ1) is 35.6. The summed E-state index contributed by atoms with van der Waals surface area (Å²) < 4.78 is 11.1. The second-order valence-corrected chi connectivity index (χ2v) is 17.3. The lowest BCUT2D eigenvalue weighted by molar-refractivity contribution is 0.631. The van der Waals surface area contributed by atoms with Crippen molar-refractivity contribution in [2.45, 2.75) is 19.3 Å². The van der Waals surface area contributed by atoms with Crippen LogP contribution >= 0.6 is 0 Å². The summed E-state index contributed by atoms with van der Waals surface area (Å²) in [5.74, 6) is 0. The highest BCUT2D eigenvalue weighted by Crippen LogP contribution is 2.53. The van der Waals surface area contributed by atoms with Gasteiger partial charge in [0, 0.05) is 44.0 Å². The highest BCUT2D eigenvalue weighted by Gasteiger charge is 2.38. The van der Waals surface area contributed by atoms with Gasteiger partial charge in [0.25, 0.3) is 0 Å². The number of para-hydroxylation sites is 5. The predicted octanol–water partition coefficient (Wildman–Crippen LogP) is 14.9. The number of fused-ring (bicyclic) bond motifs is 10. The van der Waals surface area contributed by atoms with Crippen molar-refractivity contribution in [3.8, 4) is 22.5 Å². The van der Waals surface area contributed by atoms with E-state index < -0.39 is 0 Å². The first-order valence-corrected chi connectivity index (χ1v) is 21.5. The third-order valence-electron chi connectivity index (χ3n) is 13.5. The second-order valence-electron chi connectivity index (χ2n) is 17.3. The van der Waals surface area contributed by atoms with Crippen LogP contribution in [0.4, 0.5) is 17.1 Å². The van der Waals surface area contributed by atoms with Crippen molar-refractivity contribution in [1.29, 1.82) is 0 Å². The summed E-state index contributed by atoms with van der Waals surface area (Å²) in [6.45, 7) is 4.71. The predicted molar refractivity (Wildman–Crippen MR) is 261 cm³/mol. The molecule has 0 saturated carbocycles. The number of hydrogen-bond acceptors (Lipinski definition) is 3. The Labute approximate surface area is 362 Å². The van der Waals surface area contributed by atoms with Crippen LogP contribution in [-0.4, -0.2) is 9.13 Å². The summed E-state index contributed by atoms with van der Waals surface area (Å²) >= 11 is 0. The molecule has 9 aromatic carbocycles. The van der Waals surface area contributed by atoms with Gasteiger partial charge in [-0.2, -0.15) is 0 Å². The van der Waals surface area contributed by atoms with Gasteiger partial charge in [-0.05, 0) is 107 Å². The minimum absolute atomic E-state index is 0.0142. The van der Waals surface area contributed by atoms with Gasteiger partial charge in [0.1, 0.15) is 11.2 Å². The molecule has 0 saturated heterocycles. The van der Waals surface area contributed by atoms with Crippen LogP contribution in [0, 0.1) is 0 Å². The summed E-state index contributed by atoms with van der Waals surface area (Å²) in [4.78, 5) is 15.8. The molecular weight excluding hydrogens is 771 g/mol. The van der Waals surface area contributed by atoms with E-state index in [0.29, 0.717) is 21.9 Å². The average molecular weight is 810 g/mol. The van der Waals surface area contributed by atoms with E-state index in [0.717, 1.165) is 39.6 Å². The van der Waals surface area contributed by atoms with Crippen LogP contribution in [-0.2, 0) is 5.41 Å². The van der Waals surface area contributed by atoms with E-state index >= 15 is 0 Å². The molecule has 12 aromatic rings. The van der Waals surface area contributed by atoms with Gasteiger partial charge in [0.2, 0.25) is 5.43 Å². The zero-order valence-electron chi connectivity index (χ0n) is 34.7. The highest BCUT2D eigenvalue weighted by atomic mass is 16.3. The molecule has 0 bridgehead atoms. The van der Waals surface area contributed by atoms with Crippen molar-refractivity contribution >= 4 is 82.6 Å². The van der Waals surface area contributed by atoms with E-state index in [4.69, 9.17) is 4.42 Å². The molecule has 0 aliphatic carbocycles. The zero-order valence-corrected chi connectivity index (χ0v) is 34.7. The zero-order chi connectivity index (χ0) is 42.0. The van der Waals surface area contributed by atoms with Gasteiger partial charge in [0.05, 0.1) is 44.2 Å². The van der Waals surface area contributed by atoms with Crippen molar-refractivity contribution in [2.24, 2.45) is 0 Å². The molecule has 0 spiro atoms. The standard InChI is InChI=1S/C58H39N3O2/c1-58(2)47-31-28-39(60-49-18-8-3-13-41(49)42-14-4-9-19-50(42)60)34-53(47)59(54-35-40(29-32-48(54)58)61-51-20-10-5-15-43(51)44-16-6-11-21-52(44)61)38-26-23-36(24-27-38)37-25-30-46-56(33-37)63-55-22-12-7-17-45(55)57(46)62/h3-35H,1-2H3. The van der Waals surface area contributed by atoms with Crippen molar-refractivity contribution < 1.29 is 4.42 Å². The maximum atomic E-state index is 13.4. The summed E-state index contributed by atoms with van der Waals surface area (Å²) in [5, 5.41) is 6.12. The number of rotatable bonds is 4. The molecule has 0 atom stereocenters. The topological polar surface area (TPSA) is 43.3 Å². The van der Waals surface area contributed by atoms with Crippen LogP contribution < -0.4 is 10.3 Å². The Kier molecular flexibility index (Phi) is 7.44. The molecule has 1 aliphatic rings. The van der Waals surface area contributed by atoms with Crippen LogP contribution in [0.3, 0.4) is 0 Å². The van der Waals surface area contributed by atoms with E-state index in [1.165, 1.54) is 54.7 Å². The third-order valence-corrected chi connectivity index (χ3v) is 13.5. The molecule has 3 aromatic heterocycles. The molecule has 0 unspecified atom stereocenters. The Morgan fingerprint density at radius 2 is 0.794 bits per heavy atom. The second kappa shape index (κ2) is 13.2. The van der Waals surface area contributed by atoms with Gasteiger partial charge in [-0.1, -0.05) is 129 Å². The van der Waals surface area contributed by atoms with Gasteiger partial charge < -0.3 is 18.5 Å². The molecule has 13 rings (SSSR count). The minimum atomic E-state index is -0.307. The minimum Gasteiger partial charge on any atom is -0.456 e. The van der Waals surface area contributed by atoms with E-state index in [9.17, 15) is 4.79 Å². The molecule has 5 nitrogen and oxygen atoms in total. The lowest BCUT2D eigenvalue weighted by Gasteiger charge is -2.42. The molecular formula is C58H39N3O2. The summed E-state index contributed by atoms with van der Waals surface area (Å²) in [5.41, 5.74) is 15.6. The Bertz CT molecular complexity index is 3650. The van der Waals surface area contributed by atoms with Gasteiger partial charge in [-0.15, -0.1) is 0 Å². The lowest BCUT2D eigenvalue weighted by atomic mass is 9.73. The number of hydrogen-bond donors (Lipinski definition) is 0. The Morgan fingerprint density at radius 1 is 0.381 bits per heavy atom. The fourth-order valence-electron chi connectivity index (χ4n) is 10.5. The van der Waals surface area contributed by atoms with Gasteiger partial charge in [-0.25, -0.2) is 0 Å². The van der Waals surface area contributed by atoms with Crippen molar-refractivity contribution in [2.75, 3.05) is 4.90 Å². The highest BCUT2D eigenvalue weighted by molar-refractivity contribution is 6.10. The van der Waals surface area contributed by atoms with E-state index in [1.807, 2.05) is 42.5 Å². The Balaban J connectivity index is 1.03. The number of aromatic nitrogens is 2. The van der Waals surface area contributed by atoms with Crippen LogP contribution in [0.2, 0.25) is 0 Å². The fourth-order valence-corrected chi connectivity index (χ4v) is 10.5. The monoisotopic (exact) mass is 809 g/mol. The summed E-state index contributed by atoms with van der Waals surface area (Å²) in [6.07, 6.45) is 0. The maximum absolute atomic E-state index is 13.4. The smallest absolute Gasteiger partial charge is 0.200 e. The largest absolute Gasteiger partial charge is 0.456 e. The van der Waals surface area contributed by atoms with Crippen LogP contribution in [0.15, 0.2) is 209 Å². The van der Waals surface area contributed by atoms with Gasteiger partial charge in [0.15, 0.2) is 0 Å². The van der Waals surface area contributed by atoms with E-state index in [2.05, 4.69) is 186 Å². The molecule has 4 heterocycles. The lowest BCUT2D eigenvalue weighted by Crippen LogP contribution is -2.31. The molecule has 5 heteroatoms. The maximum Gasteiger partial charge on any atom is 0.200 e. The van der Waals surface area contributed by atoms with Crippen molar-refractivity contribution in [3.05, 3.63) is 222 Å². The first-order chi connectivity index (χ1) is 30.9. The Morgan fingerprint density at radius 3 is 1.30 bits per heavy atom. The number of benzene rings is 9. The van der Waals surface area contributed by atoms with Crippen molar-refractivity contribution in [1.82, 2.24) is 9.13 Å². The number of anilines is 3. The first-order valence-electron chi connectivity index (χ1n) is 21.5. The quantitative estimate of drug-likeness (QED) is 0.166. The van der Waals surface area contributed by atoms with Crippen LogP contribution in [0.1, 0.15) is 25.0 Å². The molecule has 1 aliphatic heterocycles. The molecule has 0 radical (unpaired) electrons. The molecule has 298 valence electrons. The SMILES string of the molecule is CC1(C)c2ccc(-n3c4ccccc4c4ccccc43)cc2N(c2ccc(-c3ccc4c(=O)c5ccccc5oc4c3)cc2)c2cc(-n3c4ccccc4c4ccccc43)ccc21. The van der Waals surface area contributed by atoms with Crippen molar-refractivity contribution in [3.63, 3.8) is 0 Å². The molecule has 0 fully saturated rings. The number of nitrogens with zero attached hydrogens (tertiary/aromatic N) is 3.